The van der Waals surface area contributed by atoms with E-state index in [0.717, 1.165) is 19.3 Å². The van der Waals surface area contributed by atoms with Crippen LogP contribution < -0.4 is 5.32 Å². The van der Waals surface area contributed by atoms with Gasteiger partial charge in [-0.25, -0.2) is 0 Å². The minimum atomic E-state index is -0.0850. The van der Waals surface area contributed by atoms with E-state index in [0.29, 0.717) is 13.2 Å². The minimum Gasteiger partial charge on any atom is -0.396 e. The van der Waals surface area contributed by atoms with E-state index in [1.54, 1.807) is 0 Å². The zero-order valence-corrected chi connectivity index (χ0v) is 8.71. The van der Waals surface area contributed by atoms with Crippen LogP contribution in [-0.2, 0) is 9.53 Å². The van der Waals surface area contributed by atoms with E-state index in [-0.39, 0.29) is 24.5 Å². The number of amides is 1. The average Bonchev–Trinajstić information content (AvgIpc) is 2.96. The van der Waals surface area contributed by atoms with Crippen LogP contribution in [0, 0.1) is 5.41 Å². The summed E-state index contributed by atoms with van der Waals surface area (Å²) in [6.45, 7) is 3.51. The van der Waals surface area contributed by atoms with Crippen LogP contribution in [0.3, 0.4) is 0 Å². The fourth-order valence-electron chi connectivity index (χ4n) is 1.21. The normalized spacial score (nSPS) is 17.9. The molecular weight excluding hydrogens is 182 g/mol. The van der Waals surface area contributed by atoms with Crippen molar-refractivity contribution in [1.29, 1.82) is 0 Å². The lowest BCUT2D eigenvalue weighted by molar-refractivity contribution is -0.126. The van der Waals surface area contributed by atoms with Crippen LogP contribution in [0.5, 0.6) is 0 Å². The quantitative estimate of drug-likeness (QED) is 0.582. The summed E-state index contributed by atoms with van der Waals surface area (Å²) >= 11 is 0. The van der Waals surface area contributed by atoms with Gasteiger partial charge in [-0.1, -0.05) is 6.92 Å². The molecule has 0 aromatic rings. The van der Waals surface area contributed by atoms with Crippen molar-refractivity contribution < 1.29 is 14.6 Å². The first-order valence-electron chi connectivity index (χ1n) is 5.18. The predicted octanol–water partition coefficient (Wildman–Crippen LogP) is 0.302. The molecule has 0 radical (unpaired) electrons. The van der Waals surface area contributed by atoms with Crippen LogP contribution in [0.25, 0.3) is 0 Å². The number of hydrogen-bond acceptors (Lipinski definition) is 3. The summed E-state index contributed by atoms with van der Waals surface area (Å²) in [4.78, 5) is 11.2. The van der Waals surface area contributed by atoms with E-state index >= 15 is 0 Å². The van der Waals surface area contributed by atoms with Crippen molar-refractivity contribution in [2.45, 2.75) is 26.2 Å². The summed E-state index contributed by atoms with van der Waals surface area (Å²) < 4.78 is 5.09. The van der Waals surface area contributed by atoms with Gasteiger partial charge < -0.3 is 15.2 Å². The Labute approximate surface area is 84.6 Å². The lowest BCUT2D eigenvalue weighted by Crippen LogP contribution is -2.34. The molecule has 1 aliphatic rings. The fraction of sp³-hybridized carbons (Fsp3) is 0.900. The van der Waals surface area contributed by atoms with Gasteiger partial charge in [-0.2, -0.15) is 0 Å². The maximum absolute atomic E-state index is 11.2. The molecule has 1 fully saturated rings. The molecule has 0 bridgehead atoms. The first kappa shape index (κ1) is 11.5. The highest BCUT2D eigenvalue weighted by Gasteiger charge is 2.41. The Morgan fingerprint density at radius 1 is 1.57 bits per heavy atom. The van der Waals surface area contributed by atoms with E-state index < -0.39 is 0 Å². The van der Waals surface area contributed by atoms with Crippen LogP contribution >= 0.6 is 0 Å². The third kappa shape index (κ3) is 3.64. The van der Waals surface area contributed by atoms with Gasteiger partial charge in [0.2, 0.25) is 5.91 Å². The molecule has 1 aliphatic carbocycles. The highest BCUT2D eigenvalue weighted by atomic mass is 16.5. The zero-order chi connectivity index (χ0) is 10.4. The molecule has 0 unspecified atom stereocenters. The van der Waals surface area contributed by atoms with Crippen LogP contribution in [0.1, 0.15) is 26.2 Å². The van der Waals surface area contributed by atoms with E-state index in [9.17, 15) is 4.79 Å². The largest absolute Gasteiger partial charge is 0.396 e. The van der Waals surface area contributed by atoms with Crippen molar-refractivity contribution >= 4 is 5.91 Å². The van der Waals surface area contributed by atoms with Gasteiger partial charge in [-0.3, -0.25) is 4.79 Å². The Bertz CT molecular complexity index is 190. The van der Waals surface area contributed by atoms with Crippen LogP contribution in [0.4, 0.5) is 0 Å². The molecule has 0 aliphatic heterocycles. The molecule has 1 amide bonds. The molecule has 0 aromatic heterocycles. The summed E-state index contributed by atoms with van der Waals surface area (Å²) in [6, 6.07) is 0. The lowest BCUT2D eigenvalue weighted by atomic mass is 10.1. The number of carbonyl (C=O) groups excluding carboxylic acids is 1. The molecule has 0 aromatic carbocycles. The van der Waals surface area contributed by atoms with Crippen molar-refractivity contribution in [3.8, 4) is 0 Å². The number of ether oxygens (including phenoxy) is 1. The third-order valence-electron chi connectivity index (χ3n) is 2.53. The smallest absolute Gasteiger partial charge is 0.246 e. The Morgan fingerprint density at radius 2 is 2.29 bits per heavy atom. The highest BCUT2D eigenvalue weighted by Crippen LogP contribution is 2.44. The zero-order valence-electron chi connectivity index (χ0n) is 8.71. The maximum atomic E-state index is 11.2. The van der Waals surface area contributed by atoms with E-state index in [4.69, 9.17) is 9.84 Å². The molecule has 0 spiro atoms. The molecule has 1 rings (SSSR count). The summed E-state index contributed by atoms with van der Waals surface area (Å²) in [6.07, 6.45) is 2.95. The topological polar surface area (TPSA) is 58.6 Å². The summed E-state index contributed by atoms with van der Waals surface area (Å²) in [5.41, 5.74) is -0.0135. The Balaban J connectivity index is 2.03. The minimum absolute atomic E-state index is 0.0135. The van der Waals surface area contributed by atoms with E-state index in [2.05, 4.69) is 5.32 Å². The van der Waals surface area contributed by atoms with Crippen molar-refractivity contribution in [1.82, 2.24) is 5.32 Å². The standard InChI is InChI=1S/C10H19NO3/c1-2-5-14-6-9(13)11-7-10(8-12)3-4-10/h12H,2-8H2,1H3,(H,11,13). The Kier molecular flexibility index (Phi) is 4.35. The van der Waals surface area contributed by atoms with Gasteiger partial charge in [0.25, 0.3) is 0 Å². The SMILES string of the molecule is CCCOCC(=O)NCC1(CO)CC1. The van der Waals surface area contributed by atoms with Crippen LogP contribution in [-0.4, -0.2) is 37.4 Å². The second-order valence-corrected chi connectivity index (χ2v) is 3.99. The van der Waals surface area contributed by atoms with Crippen molar-refractivity contribution in [2.24, 2.45) is 5.41 Å². The number of rotatable bonds is 7. The maximum Gasteiger partial charge on any atom is 0.246 e. The predicted molar refractivity (Wildman–Crippen MR) is 52.9 cm³/mol. The molecule has 82 valence electrons. The summed E-state index contributed by atoms with van der Waals surface area (Å²) in [5, 5.41) is 11.8. The van der Waals surface area contributed by atoms with Gasteiger partial charge in [-0.15, -0.1) is 0 Å². The average molecular weight is 201 g/mol. The Hall–Kier alpha value is -0.610. The molecule has 14 heavy (non-hydrogen) atoms. The second kappa shape index (κ2) is 5.32. The number of carbonyl (C=O) groups is 1. The van der Waals surface area contributed by atoms with Crippen molar-refractivity contribution in [3.05, 3.63) is 0 Å². The van der Waals surface area contributed by atoms with E-state index in [1.165, 1.54) is 0 Å². The van der Waals surface area contributed by atoms with Crippen molar-refractivity contribution in [3.63, 3.8) is 0 Å². The first-order chi connectivity index (χ1) is 6.72. The first-order valence-corrected chi connectivity index (χ1v) is 5.18. The molecule has 1 saturated carbocycles. The van der Waals surface area contributed by atoms with Gasteiger partial charge in [0.1, 0.15) is 6.61 Å². The molecule has 0 saturated heterocycles. The summed E-state index contributed by atoms with van der Waals surface area (Å²) in [5.74, 6) is -0.0850. The molecular formula is C10H19NO3. The van der Waals surface area contributed by atoms with Gasteiger partial charge >= 0.3 is 0 Å². The lowest BCUT2D eigenvalue weighted by Gasteiger charge is -2.12. The Morgan fingerprint density at radius 3 is 2.79 bits per heavy atom. The third-order valence-corrected chi connectivity index (χ3v) is 2.53. The van der Waals surface area contributed by atoms with Crippen LogP contribution in [0.2, 0.25) is 0 Å². The number of aliphatic hydroxyl groups excluding tert-OH is 1. The highest BCUT2D eigenvalue weighted by molar-refractivity contribution is 5.77. The number of nitrogens with one attached hydrogen (secondary N) is 1. The van der Waals surface area contributed by atoms with Gasteiger partial charge in [0.05, 0.1) is 6.61 Å². The summed E-state index contributed by atoms with van der Waals surface area (Å²) in [7, 11) is 0. The monoisotopic (exact) mass is 201 g/mol. The molecule has 4 heteroatoms. The van der Waals surface area contributed by atoms with Crippen molar-refractivity contribution in [2.75, 3.05) is 26.4 Å². The molecule has 0 heterocycles. The van der Waals surface area contributed by atoms with Gasteiger partial charge in [0.15, 0.2) is 0 Å². The number of hydrogen-bond donors (Lipinski definition) is 2. The molecule has 0 atom stereocenters. The number of aliphatic hydroxyl groups is 1. The van der Waals surface area contributed by atoms with E-state index in [1.807, 2.05) is 6.92 Å². The van der Waals surface area contributed by atoms with Crippen LogP contribution in [0.15, 0.2) is 0 Å². The van der Waals surface area contributed by atoms with Gasteiger partial charge in [-0.05, 0) is 19.3 Å². The van der Waals surface area contributed by atoms with Gasteiger partial charge in [0, 0.05) is 18.6 Å². The molecule has 2 N–H and O–H groups in total. The second-order valence-electron chi connectivity index (χ2n) is 3.99. The molecule has 4 nitrogen and oxygen atoms in total. The fourth-order valence-corrected chi connectivity index (χ4v) is 1.21.